The Hall–Kier alpha value is -1.05. The van der Waals surface area contributed by atoms with Crippen LogP contribution in [0.15, 0.2) is 23.1 Å². The number of nitrogens with zero attached hydrogens (tertiary/aromatic N) is 1. The third-order valence-corrected chi connectivity index (χ3v) is 5.02. The molecule has 7 heteroatoms. The summed E-state index contributed by atoms with van der Waals surface area (Å²) in [4.78, 5) is -0.939. The van der Waals surface area contributed by atoms with E-state index in [-0.39, 0.29) is 13.2 Å². The van der Waals surface area contributed by atoms with Gasteiger partial charge in [0.2, 0.25) is 10.0 Å². The number of hydrogen-bond donors (Lipinski definition) is 1. The second-order valence-electron chi connectivity index (χ2n) is 4.15. The Bertz CT molecular complexity index is 527. The Kier molecular flexibility index (Phi) is 3.65. The lowest BCUT2D eigenvalue weighted by atomic mass is 10.2. The van der Waals surface area contributed by atoms with E-state index in [1.54, 1.807) is 0 Å². The summed E-state index contributed by atoms with van der Waals surface area (Å²) in [7, 11) is -4.24. The van der Waals surface area contributed by atoms with Gasteiger partial charge in [0.05, 0.1) is 6.61 Å². The van der Waals surface area contributed by atoms with Gasteiger partial charge in [0.15, 0.2) is 4.90 Å². The zero-order valence-corrected chi connectivity index (χ0v) is 10.3. The number of rotatable bonds is 3. The van der Waals surface area contributed by atoms with E-state index in [1.165, 1.54) is 0 Å². The maximum Gasteiger partial charge on any atom is 0.249 e. The zero-order chi connectivity index (χ0) is 13.3. The Morgan fingerprint density at radius 2 is 1.94 bits per heavy atom. The molecule has 1 aliphatic heterocycles. The molecule has 4 nitrogen and oxygen atoms in total. The molecule has 0 aromatic heterocycles. The predicted octanol–water partition coefficient (Wildman–Crippen LogP) is 1.11. The fourth-order valence-corrected chi connectivity index (χ4v) is 3.95. The molecule has 0 amide bonds. The van der Waals surface area contributed by atoms with Crippen LogP contribution in [0.1, 0.15) is 12.8 Å². The molecule has 0 aliphatic carbocycles. The average molecular weight is 277 g/mol. The summed E-state index contributed by atoms with van der Waals surface area (Å²) >= 11 is 0. The highest BCUT2D eigenvalue weighted by Gasteiger charge is 2.37. The van der Waals surface area contributed by atoms with E-state index in [0.717, 1.165) is 22.5 Å². The highest BCUT2D eigenvalue weighted by molar-refractivity contribution is 7.89. The summed E-state index contributed by atoms with van der Waals surface area (Å²) in [6.45, 7) is -0.184. The Balaban J connectivity index is 2.49. The molecule has 1 saturated heterocycles. The first-order chi connectivity index (χ1) is 8.48. The Labute approximate surface area is 104 Å². The maximum absolute atomic E-state index is 13.5. The maximum atomic E-state index is 13.5. The van der Waals surface area contributed by atoms with Crippen molar-refractivity contribution < 1.29 is 22.3 Å². The molecule has 0 radical (unpaired) electrons. The second kappa shape index (κ2) is 4.91. The lowest BCUT2D eigenvalue weighted by Gasteiger charge is -2.22. The number of aliphatic hydroxyl groups is 1. The molecule has 1 atom stereocenters. The van der Waals surface area contributed by atoms with Gasteiger partial charge < -0.3 is 5.11 Å². The minimum Gasteiger partial charge on any atom is -0.395 e. The van der Waals surface area contributed by atoms with Crippen LogP contribution in [-0.2, 0) is 10.0 Å². The molecule has 18 heavy (non-hydrogen) atoms. The van der Waals surface area contributed by atoms with Crippen LogP contribution >= 0.6 is 0 Å². The molecule has 100 valence electrons. The van der Waals surface area contributed by atoms with Gasteiger partial charge in [0.25, 0.3) is 0 Å². The Morgan fingerprint density at radius 3 is 2.50 bits per heavy atom. The van der Waals surface area contributed by atoms with Gasteiger partial charge in [-0.1, -0.05) is 6.07 Å². The van der Waals surface area contributed by atoms with Crippen LogP contribution in [0.25, 0.3) is 0 Å². The quantitative estimate of drug-likeness (QED) is 0.900. The van der Waals surface area contributed by atoms with Crippen LogP contribution in [0.5, 0.6) is 0 Å². The minimum absolute atomic E-state index is 0.168. The van der Waals surface area contributed by atoms with Gasteiger partial charge in [-0.25, -0.2) is 17.2 Å². The van der Waals surface area contributed by atoms with Crippen LogP contribution < -0.4 is 0 Å². The number of benzene rings is 1. The van der Waals surface area contributed by atoms with Crippen molar-refractivity contribution in [2.75, 3.05) is 13.2 Å². The van der Waals surface area contributed by atoms with E-state index >= 15 is 0 Å². The molecule has 0 saturated carbocycles. The van der Waals surface area contributed by atoms with E-state index in [1.807, 2.05) is 0 Å². The molecule has 0 spiro atoms. The van der Waals surface area contributed by atoms with Crippen molar-refractivity contribution in [1.82, 2.24) is 4.31 Å². The molecule has 2 rings (SSSR count). The van der Waals surface area contributed by atoms with Gasteiger partial charge in [-0.3, -0.25) is 0 Å². The standard InChI is InChI=1S/C11H13F2NO3S/c12-9-4-1-5-10(13)11(9)18(16,17)14-6-2-3-8(14)7-15/h1,4-5,8,15H,2-3,6-7H2/t8-/m0/s1. The van der Waals surface area contributed by atoms with E-state index in [0.29, 0.717) is 12.8 Å². The Morgan fingerprint density at radius 1 is 1.33 bits per heavy atom. The van der Waals surface area contributed by atoms with E-state index in [2.05, 4.69) is 0 Å². The van der Waals surface area contributed by atoms with E-state index < -0.39 is 32.6 Å². The topological polar surface area (TPSA) is 57.6 Å². The second-order valence-corrected chi connectivity index (χ2v) is 5.97. The van der Waals surface area contributed by atoms with Gasteiger partial charge in [-0.15, -0.1) is 0 Å². The molecule has 0 unspecified atom stereocenters. The van der Waals surface area contributed by atoms with Crippen molar-refractivity contribution in [2.45, 2.75) is 23.8 Å². The van der Waals surface area contributed by atoms with Gasteiger partial charge >= 0.3 is 0 Å². The number of hydrogen-bond acceptors (Lipinski definition) is 3. The van der Waals surface area contributed by atoms with E-state index in [9.17, 15) is 17.2 Å². The van der Waals surface area contributed by atoms with Crippen LogP contribution in [0.4, 0.5) is 8.78 Å². The molecule has 1 aromatic carbocycles. The zero-order valence-electron chi connectivity index (χ0n) is 9.51. The van der Waals surface area contributed by atoms with Crippen molar-refractivity contribution >= 4 is 10.0 Å². The minimum atomic E-state index is -4.24. The van der Waals surface area contributed by atoms with Crippen LogP contribution in [-0.4, -0.2) is 37.0 Å². The fraction of sp³-hybridized carbons (Fsp3) is 0.455. The van der Waals surface area contributed by atoms with Crippen molar-refractivity contribution in [3.05, 3.63) is 29.8 Å². The lowest BCUT2D eigenvalue weighted by molar-refractivity contribution is 0.213. The summed E-state index contributed by atoms with van der Waals surface area (Å²) < 4.78 is 52.4. The molecule has 1 N–H and O–H groups in total. The molecule has 1 heterocycles. The molecule has 1 aliphatic rings. The number of halogens is 2. The van der Waals surface area contributed by atoms with Crippen LogP contribution in [0.2, 0.25) is 0 Å². The molecular formula is C11H13F2NO3S. The normalized spacial score (nSPS) is 21.4. The summed E-state index contributed by atoms with van der Waals surface area (Å²) in [6.07, 6.45) is 1.06. The van der Waals surface area contributed by atoms with Gasteiger partial charge in [-0.2, -0.15) is 4.31 Å². The molecule has 1 aromatic rings. The molecule has 1 fully saturated rings. The average Bonchev–Trinajstić information content (AvgIpc) is 2.77. The highest BCUT2D eigenvalue weighted by atomic mass is 32.2. The summed E-state index contributed by atoms with van der Waals surface area (Å²) in [5.41, 5.74) is 0. The summed E-state index contributed by atoms with van der Waals surface area (Å²) in [5, 5.41) is 9.09. The van der Waals surface area contributed by atoms with Gasteiger partial charge in [-0.05, 0) is 25.0 Å². The summed E-state index contributed by atoms with van der Waals surface area (Å²) in [5.74, 6) is -2.22. The van der Waals surface area contributed by atoms with Crippen molar-refractivity contribution in [2.24, 2.45) is 0 Å². The third kappa shape index (κ3) is 2.13. The number of aliphatic hydroxyl groups excluding tert-OH is 1. The van der Waals surface area contributed by atoms with Crippen molar-refractivity contribution in [1.29, 1.82) is 0 Å². The van der Waals surface area contributed by atoms with E-state index in [4.69, 9.17) is 5.11 Å². The fourth-order valence-electron chi connectivity index (χ4n) is 2.15. The van der Waals surface area contributed by atoms with Gasteiger partial charge in [0.1, 0.15) is 11.6 Å². The first kappa shape index (κ1) is 13.4. The third-order valence-electron chi connectivity index (χ3n) is 3.02. The largest absolute Gasteiger partial charge is 0.395 e. The highest BCUT2D eigenvalue weighted by Crippen LogP contribution is 2.28. The van der Waals surface area contributed by atoms with Crippen LogP contribution in [0, 0.1) is 11.6 Å². The van der Waals surface area contributed by atoms with Crippen LogP contribution in [0.3, 0.4) is 0 Å². The molecule has 0 bridgehead atoms. The van der Waals surface area contributed by atoms with Crippen molar-refractivity contribution in [3.63, 3.8) is 0 Å². The predicted molar refractivity (Wildman–Crippen MR) is 60.4 cm³/mol. The van der Waals surface area contributed by atoms with Crippen molar-refractivity contribution in [3.8, 4) is 0 Å². The monoisotopic (exact) mass is 277 g/mol. The first-order valence-electron chi connectivity index (χ1n) is 5.55. The first-order valence-corrected chi connectivity index (χ1v) is 6.99. The summed E-state index contributed by atoms with van der Waals surface area (Å²) in [6, 6.07) is 2.31. The van der Waals surface area contributed by atoms with Gasteiger partial charge in [0, 0.05) is 12.6 Å². The smallest absolute Gasteiger partial charge is 0.249 e. The lowest BCUT2D eigenvalue weighted by Crippen LogP contribution is -2.38. The SMILES string of the molecule is O=S(=O)(c1c(F)cccc1F)N1CCC[C@H]1CO. The molecular weight excluding hydrogens is 264 g/mol. The number of sulfonamides is 1.